The summed E-state index contributed by atoms with van der Waals surface area (Å²) in [6.45, 7) is 11.2. The van der Waals surface area contributed by atoms with Crippen LogP contribution in [-0.4, -0.2) is 66.2 Å². The number of rotatable bonds is 2. The van der Waals surface area contributed by atoms with Crippen LogP contribution in [0.5, 0.6) is 0 Å². The third-order valence-corrected chi connectivity index (χ3v) is 3.94. The number of piperazine rings is 1. The fraction of sp³-hybridized carbons (Fsp3) is 0.867. The van der Waals surface area contributed by atoms with Gasteiger partial charge < -0.3 is 19.9 Å². The van der Waals surface area contributed by atoms with Crippen molar-refractivity contribution in [1.29, 1.82) is 0 Å². The second-order valence-corrected chi connectivity index (χ2v) is 7.09. The van der Waals surface area contributed by atoms with E-state index in [1.807, 2.05) is 32.6 Å². The lowest BCUT2D eigenvalue weighted by atomic mass is 9.98. The van der Waals surface area contributed by atoms with Gasteiger partial charge in [0.15, 0.2) is 0 Å². The van der Waals surface area contributed by atoms with E-state index >= 15 is 0 Å². The van der Waals surface area contributed by atoms with Crippen LogP contribution in [0.3, 0.4) is 0 Å². The summed E-state index contributed by atoms with van der Waals surface area (Å²) in [5.74, 6) is 0.689. The summed E-state index contributed by atoms with van der Waals surface area (Å²) in [6, 6.07) is -0.00272. The third-order valence-electron chi connectivity index (χ3n) is 3.94. The molecule has 2 fully saturated rings. The normalized spacial score (nSPS) is 23.7. The van der Waals surface area contributed by atoms with Crippen molar-refractivity contribution >= 4 is 12.0 Å². The summed E-state index contributed by atoms with van der Waals surface area (Å²) in [5.41, 5.74) is -0.485. The molecule has 0 saturated carbocycles. The van der Waals surface area contributed by atoms with E-state index in [1.165, 1.54) is 0 Å². The van der Waals surface area contributed by atoms with Gasteiger partial charge in [-0.15, -0.1) is 0 Å². The monoisotopic (exact) mass is 297 g/mol. The van der Waals surface area contributed by atoms with Gasteiger partial charge in [-0.1, -0.05) is 0 Å². The molecule has 0 spiro atoms. The summed E-state index contributed by atoms with van der Waals surface area (Å²) in [4.78, 5) is 27.9. The summed E-state index contributed by atoms with van der Waals surface area (Å²) < 4.78 is 5.41. The molecule has 2 saturated heterocycles. The Morgan fingerprint density at radius 1 is 1.24 bits per heavy atom. The lowest BCUT2D eigenvalue weighted by Gasteiger charge is -2.41. The molecule has 2 amide bonds. The van der Waals surface area contributed by atoms with Gasteiger partial charge in [0, 0.05) is 32.1 Å². The van der Waals surface area contributed by atoms with Crippen molar-refractivity contribution in [3.63, 3.8) is 0 Å². The molecule has 2 heterocycles. The molecule has 0 aromatic heterocycles. The van der Waals surface area contributed by atoms with E-state index in [1.54, 1.807) is 4.90 Å². The standard InChI is InChI=1S/C15H27N3O3/c1-11-10-17(13(19)7-12-8-16-9-12)5-6-18(11)14(20)21-15(2,3)4/h11-12,16H,5-10H2,1-4H3/t11-/m1/s1. The first kappa shape index (κ1) is 16.1. The van der Waals surface area contributed by atoms with Crippen LogP contribution in [0.15, 0.2) is 0 Å². The van der Waals surface area contributed by atoms with Crippen molar-refractivity contribution in [2.75, 3.05) is 32.7 Å². The highest BCUT2D eigenvalue weighted by molar-refractivity contribution is 5.77. The van der Waals surface area contributed by atoms with Gasteiger partial charge >= 0.3 is 6.09 Å². The Labute approximate surface area is 126 Å². The summed E-state index contributed by atoms with van der Waals surface area (Å²) in [6.07, 6.45) is 0.330. The Morgan fingerprint density at radius 2 is 1.90 bits per heavy atom. The quantitative estimate of drug-likeness (QED) is 0.828. The lowest BCUT2D eigenvalue weighted by molar-refractivity contribution is -0.135. The minimum absolute atomic E-state index is 0.00272. The van der Waals surface area contributed by atoms with Gasteiger partial charge in [0.1, 0.15) is 5.60 Å². The maximum atomic E-state index is 12.2. The Hall–Kier alpha value is -1.30. The van der Waals surface area contributed by atoms with Crippen molar-refractivity contribution < 1.29 is 14.3 Å². The van der Waals surface area contributed by atoms with Gasteiger partial charge in [0.05, 0.1) is 0 Å². The van der Waals surface area contributed by atoms with E-state index in [0.717, 1.165) is 13.1 Å². The van der Waals surface area contributed by atoms with Crippen LogP contribution in [0.25, 0.3) is 0 Å². The molecule has 0 bridgehead atoms. The Morgan fingerprint density at radius 3 is 2.38 bits per heavy atom. The molecule has 120 valence electrons. The molecule has 0 aliphatic carbocycles. The molecule has 6 heteroatoms. The van der Waals surface area contributed by atoms with E-state index in [4.69, 9.17) is 4.74 Å². The van der Waals surface area contributed by atoms with Crippen LogP contribution in [0.1, 0.15) is 34.1 Å². The highest BCUT2D eigenvalue weighted by Crippen LogP contribution is 2.18. The first-order valence-corrected chi connectivity index (χ1v) is 7.74. The molecule has 0 unspecified atom stereocenters. The smallest absolute Gasteiger partial charge is 0.410 e. The molecule has 1 N–H and O–H groups in total. The topological polar surface area (TPSA) is 61.9 Å². The number of nitrogens with one attached hydrogen (secondary N) is 1. The number of ether oxygens (including phenoxy) is 1. The molecule has 2 aliphatic rings. The molecule has 1 atom stereocenters. The van der Waals surface area contributed by atoms with Crippen molar-refractivity contribution in [2.24, 2.45) is 5.92 Å². The zero-order chi connectivity index (χ0) is 15.6. The van der Waals surface area contributed by atoms with Gasteiger partial charge in [-0.2, -0.15) is 0 Å². The van der Waals surface area contributed by atoms with Gasteiger partial charge in [0.2, 0.25) is 5.91 Å². The average Bonchev–Trinajstić information content (AvgIpc) is 2.31. The maximum Gasteiger partial charge on any atom is 0.410 e. The van der Waals surface area contributed by atoms with E-state index in [0.29, 0.717) is 32.0 Å². The van der Waals surface area contributed by atoms with Crippen LogP contribution in [0, 0.1) is 5.92 Å². The van der Waals surface area contributed by atoms with E-state index in [-0.39, 0.29) is 18.0 Å². The summed E-state index contributed by atoms with van der Waals surface area (Å²) in [5, 5.41) is 3.18. The number of nitrogens with zero attached hydrogens (tertiary/aromatic N) is 2. The van der Waals surface area contributed by atoms with Gasteiger partial charge in [0.25, 0.3) is 0 Å². The zero-order valence-electron chi connectivity index (χ0n) is 13.5. The fourth-order valence-electron chi connectivity index (χ4n) is 2.64. The summed E-state index contributed by atoms with van der Waals surface area (Å²) >= 11 is 0. The van der Waals surface area contributed by atoms with Crippen LogP contribution in [-0.2, 0) is 9.53 Å². The number of amides is 2. The van der Waals surface area contributed by atoms with E-state index < -0.39 is 5.60 Å². The number of carbonyl (C=O) groups excluding carboxylic acids is 2. The van der Waals surface area contributed by atoms with Crippen LogP contribution < -0.4 is 5.32 Å². The third kappa shape index (κ3) is 4.33. The van der Waals surface area contributed by atoms with E-state index in [9.17, 15) is 9.59 Å². The highest BCUT2D eigenvalue weighted by atomic mass is 16.6. The van der Waals surface area contributed by atoms with Gasteiger partial charge in [-0.3, -0.25) is 4.79 Å². The molecule has 21 heavy (non-hydrogen) atoms. The molecular formula is C15H27N3O3. The first-order chi connectivity index (χ1) is 9.76. The predicted molar refractivity (Wildman–Crippen MR) is 80.0 cm³/mol. The minimum atomic E-state index is -0.485. The second-order valence-electron chi connectivity index (χ2n) is 7.09. The molecule has 0 radical (unpaired) electrons. The SMILES string of the molecule is C[C@@H]1CN(C(=O)CC2CNC2)CCN1C(=O)OC(C)(C)C. The highest BCUT2D eigenvalue weighted by Gasteiger charge is 2.33. The number of hydrogen-bond donors (Lipinski definition) is 1. The van der Waals surface area contributed by atoms with Crippen molar-refractivity contribution in [3.05, 3.63) is 0 Å². The molecule has 0 aromatic rings. The van der Waals surface area contributed by atoms with Crippen molar-refractivity contribution in [3.8, 4) is 0 Å². The molecule has 6 nitrogen and oxygen atoms in total. The van der Waals surface area contributed by atoms with Crippen LogP contribution >= 0.6 is 0 Å². The van der Waals surface area contributed by atoms with Crippen LogP contribution in [0.2, 0.25) is 0 Å². The fourth-order valence-corrected chi connectivity index (χ4v) is 2.64. The van der Waals surface area contributed by atoms with Crippen molar-refractivity contribution in [2.45, 2.75) is 45.8 Å². The van der Waals surface area contributed by atoms with Crippen molar-refractivity contribution in [1.82, 2.24) is 15.1 Å². The second kappa shape index (κ2) is 6.22. The minimum Gasteiger partial charge on any atom is -0.444 e. The average molecular weight is 297 g/mol. The lowest BCUT2D eigenvalue weighted by Crippen LogP contribution is -2.57. The van der Waals surface area contributed by atoms with Crippen LogP contribution in [0.4, 0.5) is 4.79 Å². The molecule has 2 rings (SSSR count). The number of hydrogen-bond acceptors (Lipinski definition) is 4. The zero-order valence-corrected chi connectivity index (χ0v) is 13.5. The maximum absolute atomic E-state index is 12.2. The Balaban J connectivity index is 1.83. The van der Waals surface area contributed by atoms with Gasteiger partial charge in [-0.05, 0) is 46.7 Å². The predicted octanol–water partition coefficient (Wildman–Crippen LogP) is 1.06. The van der Waals surface area contributed by atoms with Gasteiger partial charge in [-0.25, -0.2) is 4.79 Å². The largest absolute Gasteiger partial charge is 0.444 e. The molecule has 2 aliphatic heterocycles. The Bertz CT molecular complexity index is 401. The molecule has 0 aromatic carbocycles. The Kier molecular flexibility index (Phi) is 4.76. The summed E-state index contributed by atoms with van der Waals surface area (Å²) in [7, 11) is 0. The number of carbonyl (C=O) groups is 2. The van der Waals surface area contributed by atoms with E-state index in [2.05, 4.69) is 5.32 Å². The molecular weight excluding hydrogens is 270 g/mol. The first-order valence-electron chi connectivity index (χ1n) is 7.74.